The van der Waals surface area contributed by atoms with Crippen molar-refractivity contribution in [3.8, 4) is 0 Å². The van der Waals surface area contributed by atoms with Crippen molar-refractivity contribution in [2.45, 2.75) is 13.8 Å². The van der Waals surface area contributed by atoms with E-state index in [0.29, 0.717) is 18.7 Å². The smallest absolute Gasteiger partial charge is 0.257 e. The lowest BCUT2D eigenvalue weighted by atomic mass is 10.2. The van der Waals surface area contributed by atoms with Crippen LogP contribution in [0.2, 0.25) is 0 Å². The molecule has 94 valence electrons. The van der Waals surface area contributed by atoms with Crippen LogP contribution in [0, 0.1) is 6.92 Å². The molecule has 0 aromatic carbocycles. The molecule has 1 aromatic heterocycles. The summed E-state index contributed by atoms with van der Waals surface area (Å²) >= 11 is 0. The average Bonchev–Trinajstić information content (AvgIpc) is 2.34. The van der Waals surface area contributed by atoms with Gasteiger partial charge in [-0.3, -0.25) is 9.78 Å². The van der Waals surface area contributed by atoms with Gasteiger partial charge in [-0.2, -0.15) is 0 Å². The van der Waals surface area contributed by atoms with Gasteiger partial charge >= 0.3 is 0 Å². The van der Waals surface area contributed by atoms with Crippen LogP contribution in [-0.4, -0.2) is 47.6 Å². The van der Waals surface area contributed by atoms with Gasteiger partial charge in [0, 0.05) is 32.0 Å². The summed E-state index contributed by atoms with van der Waals surface area (Å²) in [5.74, 6) is -0.113. The van der Waals surface area contributed by atoms with E-state index >= 15 is 0 Å². The molecule has 0 unspecified atom stereocenters. The number of aryl methyl sites for hydroxylation is 1. The molecule has 2 N–H and O–H groups in total. The van der Waals surface area contributed by atoms with Gasteiger partial charge in [-0.15, -0.1) is 0 Å². The zero-order chi connectivity index (χ0) is 12.8. The third-order valence-corrected chi connectivity index (χ3v) is 2.58. The molecule has 5 heteroatoms. The molecule has 1 rings (SSSR count). The summed E-state index contributed by atoms with van der Waals surface area (Å²) in [5, 5.41) is 11.9. The molecular weight excluding hydrogens is 218 g/mol. The number of aliphatic hydroxyl groups is 1. The Bertz CT molecular complexity index is 393. The molecule has 17 heavy (non-hydrogen) atoms. The van der Waals surface area contributed by atoms with Gasteiger partial charge in [0.1, 0.15) is 0 Å². The second kappa shape index (κ2) is 6.20. The van der Waals surface area contributed by atoms with Gasteiger partial charge in [-0.1, -0.05) is 0 Å². The van der Waals surface area contributed by atoms with Crippen molar-refractivity contribution in [3.63, 3.8) is 0 Å². The first-order valence-corrected chi connectivity index (χ1v) is 5.68. The minimum Gasteiger partial charge on any atom is -0.395 e. The molecule has 0 spiro atoms. The lowest BCUT2D eigenvalue weighted by Gasteiger charge is -2.21. The molecule has 0 saturated heterocycles. The van der Waals surface area contributed by atoms with Crippen molar-refractivity contribution in [2.75, 3.05) is 32.1 Å². The number of rotatable bonds is 5. The number of likely N-dealkylation sites (N-methyl/N-ethyl adjacent to an activating group) is 1. The number of amides is 1. The standard InChI is InChI=1S/C12H19N3O2/c1-4-15(5-6-16)12(17)10-8-14-9(2)7-11(10)13-3/h7-8,16H,4-6H2,1-3H3,(H,13,14). The van der Waals surface area contributed by atoms with Crippen LogP contribution in [-0.2, 0) is 0 Å². The molecule has 0 saturated carbocycles. The van der Waals surface area contributed by atoms with Crippen LogP contribution in [0.1, 0.15) is 23.0 Å². The second-order valence-electron chi connectivity index (χ2n) is 3.73. The van der Waals surface area contributed by atoms with Gasteiger partial charge in [0.05, 0.1) is 17.9 Å². The molecule has 0 fully saturated rings. The molecule has 1 heterocycles. The van der Waals surface area contributed by atoms with E-state index in [1.807, 2.05) is 19.9 Å². The van der Waals surface area contributed by atoms with Gasteiger partial charge in [-0.05, 0) is 19.9 Å². The lowest BCUT2D eigenvalue weighted by Crippen LogP contribution is -2.33. The number of carbonyl (C=O) groups is 1. The number of aromatic nitrogens is 1. The summed E-state index contributed by atoms with van der Waals surface area (Å²) in [6.07, 6.45) is 1.57. The number of hydrogen-bond donors (Lipinski definition) is 2. The van der Waals surface area contributed by atoms with Gasteiger partial charge in [-0.25, -0.2) is 0 Å². The van der Waals surface area contributed by atoms with Crippen molar-refractivity contribution in [3.05, 3.63) is 23.5 Å². The summed E-state index contributed by atoms with van der Waals surface area (Å²) in [4.78, 5) is 17.9. The van der Waals surface area contributed by atoms with E-state index < -0.39 is 0 Å². The van der Waals surface area contributed by atoms with Crippen LogP contribution < -0.4 is 5.32 Å². The monoisotopic (exact) mass is 237 g/mol. The molecule has 1 aromatic rings. The number of pyridine rings is 1. The Hall–Kier alpha value is -1.62. The van der Waals surface area contributed by atoms with Gasteiger partial charge in [0.15, 0.2) is 0 Å². The summed E-state index contributed by atoms with van der Waals surface area (Å²) in [6.45, 7) is 4.63. The van der Waals surface area contributed by atoms with Gasteiger partial charge in [0.25, 0.3) is 5.91 Å². The fourth-order valence-electron chi connectivity index (χ4n) is 1.63. The van der Waals surface area contributed by atoms with Crippen molar-refractivity contribution in [2.24, 2.45) is 0 Å². The van der Waals surface area contributed by atoms with Crippen molar-refractivity contribution < 1.29 is 9.90 Å². The molecule has 1 amide bonds. The Kier molecular flexibility index (Phi) is 4.90. The highest BCUT2D eigenvalue weighted by Gasteiger charge is 2.17. The predicted octanol–water partition coefficient (Wildman–Crippen LogP) is 0.886. The van der Waals surface area contributed by atoms with E-state index in [1.165, 1.54) is 0 Å². The normalized spacial score (nSPS) is 10.1. The maximum atomic E-state index is 12.2. The average molecular weight is 237 g/mol. The molecule has 0 radical (unpaired) electrons. The highest BCUT2D eigenvalue weighted by Crippen LogP contribution is 2.17. The maximum Gasteiger partial charge on any atom is 0.257 e. The topological polar surface area (TPSA) is 65.5 Å². The number of hydrogen-bond acceptors (Lipinski definition) is 4. The summed E-state index contributed by atoms with van der Waals surface area (Å²) in [6, 6.07) is 1.83. The van der Waals surface area contributed by atoms with E-state index in [-0.39, 0.29) is 12.5 Å². The number of anilines is 1. The molecule has 5 nitrogen and oxygen atoms in total. The molecule has 0 aliphatic heterocycles. The second-order valence-corrected chi connectivity index (χ2v) is 3.73. The maximum absolute atomic E-state index is 12.2. The van der Waals surface area contributed by atoms with Crippen molar-refractivity contribution in [1.82, 2.24) is 9.88 Å². The highest BCUT2D eigenvalue weighted by atomic mass is 16.3. The SMILES string of the molecule is CCN(CCO)C(=O)c1cnc(C)cc1NC. The van der Waals surface area contributed by atoms with E-state index in [2.05, 4.69) is 10.3 Å². The first-order chi connectivity index (χ1) is 8.13. The lowest BCUT2D eigenvalue weighted by molar-refractivity contribution is 0.0732. The third kappa shape index (κ3) is 3.17. The molecule has 0 bridgehead atoms. The molecular formula is C12H19N3O2. The minimum absolute atomic E-state index is 0.0340. The number of nitrogens with one attached hydrogen (secondary N) is 1. The van der Waals surface area contributed by atoms with E-state index in [4.69, 9.17) is 5.11 Å². The van der Waals surface area contributed by atoms with Crippen LogP contribution in [0.4, 0.5) is 5.69 Å². The summed E-state index contributed by atoms with van der Waals surface area (Å²) in [7, 11) is 1.77. The summed E-state index contributed by atoms with van der Waals surface area (Å²) in [5.41, 5.74) is 2.16. The first kappa shape index (κ1) is 13.4. The Balaban J connectivity index is 3.02. The van der Waals surface area contributed by atoms with Crippen LogP contribution in [0.5, 0.6) is 0 Å². The fraction of sp³-hybridized carbons (Fsp3) is 0.500. The Labute approximate surface area is 101 Å². The number of carbonyl (C=O) groups excluding carboxylic acids is 1. The molecule has 0 aliphatic rings. The first-order valence-electron chi connectivity index (χ1n) is 5.68. The molecule has 0 atom stereocenters. The minimum atomic E-state index is -0.113. The van der Waals surface area contributed by atoms with Crippen LogP contribution in [0.25, 0.3) is 0 Å². The Morgan fingerprint density at radius 3 is 2.82 bits per heavy atom. The van der Waals surface area contributed by atoms with Crippen LogP contribution >= 0.6 is 0 Å². The van der Waals surface area contributed by atoms with Crippen LogP contribution in [0.15, 0.2) is 12.3 Å². The largest absolute Gasteiger partial charge is 0.395 e. The van der Waals surface area contributed by atoms with E-state index in [9.17, 15) is 4.79 Å². The zero-order valence-electron chi connectivity index (χ0n) is 10.5. The fourth-order valence-corrected chi connectivity index (χ4v) is 1.63. The van der Waals surface area contributed by atoms with E-state index in [0.717, 1.165) is 11.4 Å². The third-order valence-electron chi connectivity index (χ3n) is 2.58. The van der Waals surface area contributed by atoms with Crippen molar-refractivity contribution >= 4 is 11.6 Å². The Morgan fingerprint density at radius 2 is 2.29 bits per heavy atom. The quantitative estimate of drug-likeness (QED) is 0.798. The zero-order valence-corrected chi connectivity index (χ0v) is 10.5. The Morgan fingerprint density at radius 1 is 1.59 bits per heavy atom. The molecule has 0 aliphatic carbocycles. The van der Waals surface area contributed by atoms with Crippen LogP contribution in [0.3, 0.4) is 0 Å². The highest BCUT2D eigenvalue weighted by molar-refractivity contribution is 5.99. The van der Waals surface area contributed by atoms with Crippen molar-refractivity contribution in [1.29, 1.82) is 0 Å². The van der Waals surface area contributed by atoms with E-state index in [1.54, 1.807) is 18.1 Å². The van der Waals surface area contributed by atoms with Gasteiger partial charge < -0.3 is 15.3 Å². The number of nitrogens with zero attached hydrogens (tertiary/aromatic N) is 2. The number of aliphatic hydroxyl groups excluding tert-OH is 1. The summed E-state index contributed by atoms with van der Waals surface area (Å²) < 4.78 is 0. The predicted molar refractivity (Wildman–Crippen MR) is 67.2 cm³/mol. The van der Waals surface area contributed by atoms with Gasteiger partial charge in [0.2, 0.25) is 0 Å².